The van der Waals surface area contributed by atoms with Crippen molar-refractivity contribution in [3.8, 4) is 50.6 Å². The highest BCUT2D eigenvalue weighted by Gasteiger charge is 2.12. The number of hydrogen-bond donors (Lipinski definition) is 0. The van der Waals surface area contributed by atoms with Gasteiger partial charge in [-0.05, 0) is 74.0 Å². The number of nitriles is 1. The Morgan fingerprint density at radius 3 is 1.68 bits per heavy atom. The molecule has 0 aliphatic carbocycles. The Morgan fingerprint density at radius 2 is 1.11 bits per heavy atom. The van der Waals surface area contributed by atoms with E-state index < -0.39 is 0 Å². The van der Waals surface area contributed by atoms with Gasteiger partial charge in [0.1, 0.15) is 6.07 Å². The molecule has 176 valence electrons. The van der Waals surface area contributed by atoms with Crippen molar-refractivity contribution in [2.24, 2.45) is 0 Å². The fraction of sp³-hybridized carbons (Fsp3) is 0. The fourth-order valence-corrected chi connectivity index (χ4v) is 4.84. The number of benzene rings is 4. The number of nitrogens with zero attached hydrogens (tertiary/aromatic N) is 4. The van der Waals surface area contributed by atoms with Crippen molar-refractivity contribution in [3.63, 3.8) is 0 Å². The smallest absolute Gasteiger partial charge is 0.205 e. The number of rotatable bonds is 4. The van der Waals surface area contributed by atoms with Crippen molar-refractivity contribution in [2.45, 2.75) is 0 Å². The van der Waals surface area contributed by atoms with Crippen LogP contribution in [0, 0.1) is 17.9 Å². The van der Waals surface area contributed by atoms with E-state index in [9.17, 15) is 5.26 Å². The molecule has 0 amide bonds. The van der Waals surface area contributed by atoms with Crippen LogP contribution in [0.2, 0.25) is 0 Å². The molecule has 0 saturated carbocycles. The molecule has 0 fully saturated rings. The lowest BCUT2D eigenvalue weighted by Crippen LogP contribution is -1.88. The van der Waals surface area contributed by atoms with E-state index in [0.717, 1.165) is 55.3 Å². The second-order valence-corrected chi connectivity index (χ2v) is 8.99. The summed E-state index contributed by atoms with van der Waals surface area (Å²) in [6.07, 6.45) is 6.74. The van der Waals surface area contributed by atoms with Gasteiger partial charge < -0.3 is 0 Å². The van der Waals surface area contributed by atoms with E-state index in [1.807, 2.05) is 36.4 Å². The van der Waals surface area contributed by atoms with Crippen molar-refractivity contribution < 1.29 is 0 Å². The Bertz CT molecular complexity index is 1770. The molecular formula is C34H20N4. The predicted molar refractivity (Wildman–Crippen MR) is 152 cm³/mol. The second-order valence-electron chi connectivity index (χ2n) is 8.99. The van der Waals surface area contributed by atoms with Gasteiger partial charge in [0, 0.05) is 30.4 Å². The Morgan fingerprint density at radius 1 is 0.553 bits per heavy atom. The summed E-state index contributed by atoms with van der Waals surface area (Å²) < 4.78 is 0. The van der Waals surface area contributed by atoms with Crippen molar-refractivity contribution in [1.29, 1.82) is 5.26 Å². The zero-order chi connectivity index (χ0) is 25.9. The average Bonchev–Trinajstić information content (AvgIpc) is 3.00. The summed E-state index contributed by atoms with van der Waals surface area (Å²) in [7, 11) is 0. The van der Waals surface area contributed by atoms with E-state index in [1.165, 1.54) is 0 Å². The van der Waals surface area contributed by atoms with Gasteiger partial charge in [-0.2, -0.15) is 5.26 Å². The highest BCUT2D eigenvalue weighted by atomic mass is 14.7. The van der Waals surface area contributed by atoms with Gasteiger partial charge >= 0.3 is 0 Å². The topological polar surface area (TPSA) is 53.9 Å². The third kappa shape index (κ3) is 4.28. The first-order chi connectivity index (χ1) is 18.7. The van der Waals surface area contributed by atoms with Gasteiger partial charge in [0.25, 0.3) is 0 Å². The summed E-state index contributed by atoms with van der Waals surface area (Å²) in [5, 5.41) is 11.6. The van der Waals surface area contributed by atoms with E-state index in [2.05, 4.69) is 81.5 Å². The van der Waals surface area contributed by atoms with E-state index in [0.29, 0.717) is 11.3 Å². The van der Waals surface area contributed by atoms with Crippen LogP contribution in [-0.4, -0.2) is 9.97 Å². The molecule has 0 saturated heterocycles. The maximum atomic E-state index is 9.28. The van der Waals surface area contributed by atoms with Crippen LogP contribution in [-0.2, 0) is 0 Å². The Hall–Kier alpha value is -5.58. The molecule has 0 aliphatic rings. The Kier molecular flexibility index (Phi) is 5.91. The maximum Gasteiger partial charge on any atom is 0.205 e. The molecule has 2 aromatic heterocycles. The van der Waals surface area contributed by atoms with Gasteiger partial charge in [-0.1, -0.05) is 72.8 Å². The van der Waals surface area contributed by atoms with E-state index in [1.54, 1.807) is 24.8 Å². The van der Waals surface area contributed by atoms with Gasteiger partial charge in [-0.15, -0.1) is 0 Å². The first kappa shape index (κ1) is 22.9. The normalized spacial score (nSPS) is 10.6. The summed E-state index contributed by atoms with van der Waals surface area (Å²) in [5.41, 5.74) is 9.44. The molecule has 6 rings (SSSR count). The van der Waals surface area contributed by atoms with Gasteiger partial charge in [0.05, 0.1) is 12.1 Å². The largest absolute Gasteiger partial charge is 0.276 e. The van der Waals surface area contributed by atoms with Crippen LogP contribution in [0.25, 0.3) is 60.1 Å². The number of pyridine rings is 2. The van der Waals surface area contributed by atoms with E-state index >= 15 is 0 Å². The van der Waals surface area contributed by atoms with Crippen LogP contribution >= 0.6 is 0 Å². The van der Waals surface area contributed by atoms with Gasteiger partial charge in [0.2, 0.25) is 5.69 Å². The average molecular weight is 485 g/mol. The minimum Gasteiger partial charge on any atom is -0.276 e. The quantitative estimate of drug-likeness (QED) is 0.235. The van der Waals surface area contributed by atoms with Crippen LogP contribution in [0.5, 0.6) is 0 Å². The van der Waals surface area contributed by atoms with Crippen LogP contribution in [0.1, 0.15) is 5.56 Å². The molecule has 0 radical (unpaired) electrons. The maximum absolute atomic E-state index is 9.28. The van der Waals surface area contributed by atoms with Crippen molar-refractivity contribution in [3.05, 3.63) is 139 Å². The van der Waals surface area contributed by atoms with Gasteiger partial charge in [0.15, 0.2) is 0 Å². The summed E-state index contributed by atoms with van der Waals surface area (Å²) in [5.74, 6) is 0. The number of fused-ring (bicyclic) bond motifs is 1. The van der Waals surface area contributed by atoms with Crippen molar-refractivity contribution in [2.75, 3.05) is 0 Å². The monoisotopic (exact) mass is 484 g/mol. The molecule has 0 bridgehead atoms. The zero-order valence-electron chi connectivity index (χ0n) is 20.3. The molecular weight excluding hydrogens is 464 g/mol. The summed E-state index contributed by atoms with van der Waals surface area (Å²) in [6.45, 7) is 7.31. The first-order valence-electron chi connectivity index (χ1n) is 12.1. The summed E-state index contributed by atoms with van der Waals surface area (Å²) >= 11 is 0. The Balaban J connectivity index is 1.46. The molecule has 0 N–H and O–H groups in total. The minimum absolute atomic E-state index is 0.528. The SMILES string of the molecule is [C-]#[N+]c1cncc(-c2cccc(-c3ccc(-c4cccc(-c5cncc(C#N)c5)c4)c4ccccc34)c2)c1. The molecule has 38 heavy (non-hydrogen) atoms. The molecule has 4 aromatic carbocycles. The van der Waals surface area contributed by atoms with Gasteiger partial charge in [-0.25, -0.2) is 4.85 Å². The predicted octanol–water partition coefficient (Wildman–Crippen LogP) is 8.72. The lowest BCUT2D eigenvalue weighted by Gasteiger charge is -2.14. The van der Waals surface area contributed by atoms with E-state index in [4.69, 9.17) is 6.57 Å². The third-order valence-corrected chi connectivity index (χ3v) is 6.66. The lowest BCUT2D eigenvalue weighted by atomic mass is 9.90. The van der Waals surface area contributed by atoms with Crippen molar-refractivity contribution >= 4 is 16.5 Å². The van der Waals surface area contributed by atoms with Crippen LogP contribution in [0.3, 0.4) is 0 Å². The molecule has 0 atom stereocenters. The molecule has 4 heteroatoms. The van der Waals surface area contributed by atoms with E-state index in [-0.39, 0.29) is 0 Å². The third-order valence-electron chi connectivity index (χ3n) is 6.66. The minimum atomic E-state index is 0.528. The zero-order valence-corrected chi connectivity index (χ0v) is 20.3. The first-order valence-corrected chi connectivity index (χ1v) is 12.1. The molecule has 6 aromatic rings. The molecule has 0 spiro atoms. The molecule has 0 aliphatic heterocycles. The molecule has 2 heterocycles. The number of hydrogen-bond acceptors (Lipinski definition) is 3. The van der Waals surface area contributed by atoms with Gasteiger partial charge in [-0.3, -0.25) is 9.97 Å². The standard InChI is InChI=1S/C34H20N4/c1-36-30-17-29(21-38-22-30)25-7-5-9-27(16-25)32-13-12-31(33-10-2-3-11-34(32)33)26-8-4-6-24(15-26)28-14-23(18-35)19-37-20-28/h2-17,19-22H. The van der Waals surface area contributed by atoms with Crippen LogP contribution in [0.4, 0.5) is 5.69 Å². The highest BCUT2D eigenvalue weighted by Crippen LogP contribution is 2.38. The fourth-order valence-electron chi connectivity index (χ4n) is 4.84. The molecule has 0 unspecified atom stereocenters. The van der Waals surface area contributed by atoms with Crippen molar-refractivity contribution in [1.82, 2.24) is 9.97 Å². The summed E-state index contributed by atoms with van der Waals surface area (Å²) in [6, 6.07) is 35.4. The van der Waals surface area contributed by atoms with Crippen LogP contribution < -0.4 is 0 Å². The number of aromatic nitrogens is 2. The second kappa shape index (κ2) is 9.82. The lowest BCUT2D eigenvalue weighted by molar-refractivity contribution is 1.30. The molecule has 4 nitrogen and oxygen atoms in total. The van der Waals surface area contributed by atoms with Crippen LogP contribution in [0.15, 0.2) is 122 Å². The highest BCUT2D eigenvalue weighted by molar-refractivity contribution is 6.05. The summed E-state index contributed by atoms with van der Waals surface area (Å²) in [4.78, 5) is 12.0. The Labute approximate surface area is 221 Å².